The van der Waals surface area contributed by atoms with Crippen molar-refractivity contribution >= 4 is 27.7 Å². The summed E-state index contributed by atoms with van der Waals surface area (Å²) in [6, 6.07) is 34.0. The average Bonchev–Trinajstić information content (AvgIpc) is 3.45. The molecule has 44 heavy (non-hydrogen) atoms. The number of aliphatic hydroxyl groups excluding tert-OH is 1. The molecule has 0 aromatic heterocycles. The maximum absolute atomic E-state index is 14.3. The molecule has 6 nitrogen and oxygen atoms in total. The van der Waals surface area contributed by atoms with Crippen molar-refractivity contribution in [3.05, 3.63) is 124 Å². The quantitative estimate of drug-likeness (QED) is 0.137. The highest BCUT2D eigenvalue weighted by molar-refractivity contribution is 9.10. The maximum Gasteiger partial charge on any atom is 0.252 e. The Morgan fingerprint density at radius 1 is 0.886 bits per heavy atom. The first kappa shape index (κ1) is 31.5. The van der Waals surface area contributed by atoms with Crippen LogP contribution in [-0.4, -0.2) is 42.2 Å². The normalized spacial score (nSPS) is 17.5. The minimum atomic E-state index is -1.22. The molecule has 2 atom stereocenters. The fourth-order valence-corrected chi connectivity index (χ4v) is 5.67. The van der Waals surface area contributed by atoms with Crippen molar-refractivity contribution in [2.24, 2.45) is 4.99 Å². The summed E-state index contributed by atoms with van der Waals surface area (Å²) in [5.41, 5.74) is 3.63. The molecule has 0 bridgehead atoms. The van der Waals surface area contributed by atoms with Crippen LogP contribution in [0.1, 0.15) is 55.4 Å². The molecule has 0 saturated heterocycles. The van der Waals surface area contributed by atoms with Gasteiger partial charge in [-0.15, -0.1) is 0 Å². The van der Waals surface area contributed by atoms with Crippen LogP contribution in [-0.2, 0) is 16.0 Å². The lowest BCUT2D eigenvalue weighted by atomic mass is 9.81. The van der Waals surface area contributed by atoms with E-state index in [0.29, 0.717) is 37.6 Å². The number of hydrogen-bond donors (Lipinski definition) is 2. The SMILES string of the molecule is CCCCCNC(=O)[C@]1(Cc2ccc(Br)cc2)N=C(c2ccc(OCCCO)cc2)O[C@@H]1c1ccc(-c2ccccc2)cc1. The van der Waals surface area contributed by atoms with Gasteiger partial charge in [-0.1, -0.05) is 102 Å². The second-order valence-electron chi connectivity index (χ2n) is 11.0. The summed E-state index contributed by atoms with van der Waals surface area (Å²) < 4.78 is 13.4. The van der Waals surface area contributed by atoms with Crippen LogP contribution in [0.4, 0.5) is 0 Å². The van der Waals surface area contributed by atoms with Gasteiger partial charge >= 0.3 is 0 Å². The van der Waals surface area contributed by atoms with Crippen molar-refractivity contribution in [2.75, 3.05) is 19.8 Å². The van der Waals surface area contributed by atoms with Gasteiger partial charge < -0.3 is 19.9 Å². The van der Waals surface area contributed by atoms with E-state index >= 15 is 0 Å². The molecule has 1 aliphatic heterocycles. The van der Waals surface area contributed by atoms with Crippen LogP contribution < -0.4 is 10.1 Å². The molecule has 1 aliphatic rings. The number of aliphatic hydroxyl groups is 1. The molecule has 2 N–H and O–H groups in total. The summed E-state index contributed by atoms with van der Waals surface area (Å²) in [5.74, 6) is 0.973. The Hall–Kier alpha value is -3.94. The smallest absolute Gasteiger partial charge is 0.252 e. The predicted molar refractivity (Wildman–Crippen MR) is 179 cm³/mol. The van der Waals surface area contributed by atoms with E-state index in [1.165, 1.54) is 0 Å². The Morgan fingerprint density at radius 3 is 2.25 bits per heavy atom. The number of hydrogen-bond acceptors (Lipinski definition) is 5. The number of amides is 1. The van der Waals surface area contributed by atoms with E-state index in [0.717, 1.165) is 51.6 Å². The van der Waals surface area contributed by atoms with Gasteiger partial charge in [-0.2, -0.15) is 0 Å². The van der Waals surface area contributed by atoms with Crippen molar-refractivity contribution in [3.63, 3.8) is 0 Å². The first-order valence-corrected chi connectivity index (χ1v) is 16.1. The van der Waals surface area contributed by atoms with Crippen LogP contribution in [0.2, 0.25) is 0 Å². The number of ether oxygens (including phenoxy) is 2. The topological polar surface area (TPSA) is 80.2 Å². The summed E-state index contributed by atoms with van der Waals surface area (Å²) in [5, 5.41) is 12.3. The number of halogens is 1. The lowest BCUT2D eigenvalue weighted by molar-refractivity contribution is -0.128. The summed E-state index contributed by atoms with van der Waals surface area (Å²) in [4.78, 5) is 19.5. The molecule has 7 heteroatoms. The minimum Gasteiger partial charge on any atom is -0.494 e. The van der Waals surface area contributed by atoms with Crippen molar-refractivity contribution in [1.29, 1.82) is 0 Å². The van der Waals surface area contributed by atoms with Gasteiger partial charge in [0.15, 0.2) is 11.6 Å². The third-order valence-electron chi connectivity index (χ3n) is 7.80. The van der Waals surface area contributed by atoms with Crippen LogP contribution in [0.15, 0.2) is 113 Å². The number of carbonyl (C=O) groups excluding carboxylic acids is 1. The van der Waals surface area contributed by atoms with Gasteiger partial charge in [-0.05, 0) is 65.1 Å². The molecular weight excluding hydrogens is 616 g/mol. The molecule has 0 spiro atoms. The van der Waals surface area contributed by atoms with E-state index in [-0.39, 0.29) is 12.5 Å². The molecule has 0 radical (unpaired) electrons. The van der Waals surface area contributed by atoms with E-state index in [1.807, 2.05) is 78.9 Å². The van der Waals surface area contributed by atoms with Crippen LogP contribution in [0.5, 0.6) is 5.75 Å². The lowest BCUT2D eigenvalue weighted by Gasteiger charge is -2.31. The summed E-state index contributed by atoms with van der Waals surface area (Å²) in [6.45, 7) is 3.25. The van der Waals surface area contributed by atoms with Crippen LogP contribution in [0.3, 0.4) is 0 Å². The zero-order valence-corrected chi connectivity index (χ0v) is 26.6. The molecule has 1 amide bonds. The Morgan fingerprint density at radius 2 is 1.57 bits per heavy atom. The molecule has 4 aromatic rings. The van der Waals surface area contributed by atoms with E-state index in [2.05, 4.69) is 52.4 Å². The Balaban J connectivity index is 1.54. The summed E-state index contributed by atoms with van der Waals surface area (Å²) >= 11 is 3.54. The number of aliphatic imine (C=N–C) groups is 1. The second kappa shape index (κ2) is 15.2. The van der Waals surface area contributed by atoms with Gasteiger partial charge in [-0.3, -0.25) is 4.79 Å². The fourth-order valence-electron chi connectivity index (χ4n) is 5.41. The van der Waals surface area contributed by atoms with Crippen LogP contribution in [0, 0.1) is 0 Å². The van der Waals surface area contributed by atoms with Gasteiger partial charge in [-0.25, -0.2) is 4.99 Å². The van der Waals surface area contributed by atoms with Gasteiger partial charge in [0.2, 0.25) is 5.90 Å². The second-order valence-corrected chi connectivity index (χ2v) is 12.0. The highest BCUT2D eigenvalue weighted by Crippen LogP contribution is 2.43. The van der Waals surface area contributed by atoms with Gasteiger partial charge in [0.05, 0.1) is 6.61 Å². The average molecular weight is 656 g/mol. The predicted octanol–water partition coefficient (Wildman–Crippen LogP) is 7.68. The molecule has 4 aromatic carbocycles. The molecule has 0 unspecified atom stereocenters. The molecule has 1 heterocycles. The third-order valence-corrected chi connectivity index (χ3v) is 8.33. The highest BCUT2D eigenvalue weighted by atomic mass is 79.9. The summed E-state index contributed by atoms with van der Waals surface area (Å²) in [6.07, 6.45) is 3.31. The third kappa shape index (κ3) is 7.58. The Kier molecular flexibility index (Phi) is 10.9. The van der Waals surface area contributed by atoms with Crippen molar-refractivity contribution in [3.8, 4) is 16.9 Å². The van der Waals surface area contributed by atoms with E-state index < -0.39 is 11.6 Å². The van der Waals surface area contributed by atoms with Crippen LogP contribution in [0.25, 0.3) is 11.1 Å². The summed E-state index contributed by atoms with van der Waals surface area (Å²) in [7, 11) is 0. The van der Waals surface area contributed by atoms with Crippen molar-refractivity contribution in [2.45, 2.75) is 50.7 Å². The standard InChI is InChI=1S/C37H39BrN2O4/c1-2-3-7-23-39-36(42)37(26-27-11-19-32(38)20-12-27)34(30-15-13-29(14-16-30)28-9-5-4-6-10-28)44-35(40-37)31-17-21-33(22-18-31)43-25-8-24-41/h4-6,9-22,34,41H,2-3,7-8,23-26H2,1H3,(H,39,42)/t34-,37-/m1/s1. The number of benzene rings is 4. The first-order valence-electron chi connectivity index (χ1n) is 15.3. The monoisotopic (exact) mass is 654 g/mol. The maximum atomic E-state index is 14.3. The van der Waals surface area contributed by atoms with Crippen molar-refractivity contribution in [1.82, 2.24) is 5.32 Å². The van der Waals surface area contributed by atoms with E-state index in [4.69, 9.17) is 19.6 Å². The van der Waals surface area contributed by atoms with Gasteiger partial charge in [0, 0.05) is 36.0 Å². The number of unbranched alkanes of at least 4 members (excludes halogenated alkanes) is 2. The molecular formula is C37H39BrN2O4. The number of rotatable bonds is 14. The number of nitrogens with zero attached hydrogens (tertiary/aromatic N) is 1. The molecule has 0 saturated carbocycles. The van der Waals surface area contributed by atoms with Gasteiger partial charge in [0.25, 0.3) is 5.91 Å². The number of carbonyl (C=O) groups is 1. The first-order chi connectivity index (χ1) is 21.5. The van der Waals surface area contributed by atoms with E-state index in [9.17, 15) is 4.79 Å². The zero-order chi connectivity index (χ0) is 30.8. The number of nitrogens with one attached hydrogen (secondary N) is 1. The van der Waals surface area contributed by atoms with Gasteiger partial charge in [0.1, 0.15) is 5.75 Å². The van der Waals surface area contributed by atoms with E-state index in [1.54, 1.807) is 0 Å². The Bertz CT molecular complexity index is 1520. The Labute approximate surface area is 268 Å². The van der Waals surface area contributed by atoms with Crippen molar-refractivity contribution < 1.29 is 19.4 Å². The fraction of sp³-hybridized carbons (Fsp3) is 0.297. The van der Waals surface area contributed by atoms with Crippen LogP contribution >= 0.6 is 15.9 Å². The zero-order valence-electron chi connectivity index (χ0n) is 25.0. The highest BCUT2D eigenvalue weighted by Gasteiger charge is 2.53. The lowest BCUT2D eigenvalue weighted by Crippen LogP contribution is -2.50. The minimum absolute atomic E-state index is 0.0808. The molecule has 228 valence electrons. The molecule has 0 aliphatic carbocycles. The molecule has 5 rings (SSSR count). The molecule has 0 fully saturated rings. The largest absolute Gasteiger partial charge is 0.494 e.